The molecule has 0 amide bonds. The summed E-state index contributed by atoms with van der Waals surface area (Å²) in [5.74, 6) is -0.0463. The summed E-state index contributed by atoms with van der Waals surface area (Å²) in [6.45, 7) is 3.91. The lowest BCUT2D eigenvalue weighted by Gasteiger charge is -2.12. The lowest BCUT2D eigenvalue weighted by Crippen LogP contribution is -2.09. The Kier molecular flexibility index (Phi) is 4.73. The van der Waals surface area contributed by atoms with Crippen LogP contribution in [0.3, 0.4) is 0 Å². The Morgan fingerprint density at radius 1 is 1.19 bits per heavy atom. The number of anilines is 1. The third kappa shape index (κ3) is 4.15. The second kappa shape index (κ2) is 6.53. The van der Waals surface area contributed by atoms with Gasteiger partial charge in [0, 0.05) is 18.5 Å². The summed E-state index contributed by atoms with van der Waals surface area (Å²) in [4.78, 5) is 12.2. The highest BCUT2D eigenvalue weighted by Gasteiger charge is 2.13. The molecule has 2 rings (SSSR count). The molecule has 0 saturated heterocycles. The number of hydrogen-bond acceptors (Lipinski definition) is 2. The molecular weight excluding hydrogens is 265 g/mol. The van der Waals surface area contributed by atoms with Gasteiger partial charge in [0.15, 0.2) is 0 Å². The minimum Gasteiger partial charge on any atom is -0.399 e. The number of ketones is 1. The lowest BCUT2D eigenvalue weighted by molar-refractivity contribution is -0.118. The molecular formula is C18H20FNO. The minimum absolute atomic E-state index is 0.119. The number of carbonyl (C=O) groups excluding carboxylic acids is 1. The highest BCUT2D eigenvalue weighted by molar-refractivity contribution is 5.82. The van der Waals surface area contributed by atoms with Crippen molar-refractivity contribution >= 4 is 11.5 Å². The minimum atomic E-state index is -0.296. The molecule has 110 valence electrons. The number of aryl methyl sites for hydroxylation is 1. The Labute approximate surface area is 124 Å². The summed E-state index contributed by atoms with van der Waals surface area (Å²) in [6.07, 6.45) is 0.725. The highest BCUT2D eigenvalue weighted by atomic mass is 19.1. The van der Waals surface area contributed by atoms with Gasteiger partial charge in [-0.15, -0.1) is 0 Å². The first-order valence-electron chi connectivity index (χ1n) is 7.08. The fraction of sp³-hybridized carbons (Fsp3) is 0.278. The largest absolute Gasteiger partial charge is 0.399 e. The van der Waals surface area contributed by atoms with Gasteiger partial charge in [-0.25, -0.2) is 4.39 Å². The van der Waals surface area contributed by atoms with Crippen molar-refractivity contribution in [1.82, 2.24) is 0 Å². The number of halogens is 1. The molecule has 1 unspecified atom stereocenters. The van der Waals surface area contributed by atoms with Crippen LogP contribution in [0.5, 0.6) is 0 Å². The number of rotatable bonds is 5. The summed E-state index contributed by atoms with van der Waals surface area (Å²) < 4.78 is 13.2. The van der Waals surface area contributed by atoms with Gasteiger partial charge in [0.05, 0.1) is 0 Å². The van der Waals surface area contributed by atoms with E-state index < -0.39 is 0 Å². The normalized spacial score (nSPS) is 12.1. The second-order valence-electron chi connectivity index (χ2n) is 5.56. The molecule has 0 heterocycles. The van der Waals surface area contributed by atoms with Crippen LogP contribution in [0, 0.1) is 12.7 Å². The van der Waals surface area contributed by atoms with Crippen LogP contribution in [0.2, 0.25) is 0 Å². The van der Waals surface area contributed by atoms with Crippen LogP contribution in [0.1, 0.15) is 36.0 Å². The Hall–Kier alpha value is -2.16. The third-order valence-corrected chi connectivity index (χ3v) is 3.74. The quantitative estimate of drug-likeness (QED) is 0.843. The molecule has 1 atom stereocenters. The molecule has 2 nitrogen and oxygen atoms in total. The lowest BCUT2D eigenvalue weighted by atomic mass is 9.92. The molecule has 3 heteroatoms. The average molecular weight is 285 g/mol. The first-order valence-corrected chi connectivity index (χ1v) is 7.08. The molecule has 0 aliphatic carbocycles. The Morgan fingerprint density at radius 3 is 2.52 bits per heavy atom. The maximum atomic E-state index is 13.2. The number of hydrogen-bond donors (Lipinski definition) is 1. The molecule has 0 saturated carbocycles. The van der Waals surface area contributed by atoms with E-state index in [0.29, 0.717) is 12.1 Å². The van der Waals surface area contributed by atoms with E-state index in [9.17, 15) is 9.18 Å². The molecule has 2 N–H and O–H groups in total. The standard InChI is InChI=1S/C18H20FNO/c1-12-3-6-16(19)10-15(12)11-18(21)9-13(2)14-4-7-17(20)8-5-14/h3-8,10,13H,9,11,20H2,1-2H3. The number of nitrogen functional groups attached to an aromatic ring is 1. The van der Waals surface area contributed by atoms with Crippen molar-refractivity contribution in [2.75, 3.05) is 5.73 Å². The summed E-state index contributed by atoms with van der Waals surface area (Å²) in [6, 6.07) is 12.1. The van der Waals surface area contributed by atoms with Crippen molar-refractivity contribution in [1.29, 1.82) is 0 Å². The SMILES string of the molecule is Cc1ccc(F)cc1CC(=O)CC(C)c1ccc(N)cc1. The van der Waals surface area contributed by atoms with Gasteiger partial charge in [-0.2, -0.15) is 0 Å². The van der Waals surface area contributed by atoms with Crippen LogP contribution in [-0.2, 0) is 11.2 Å². The zero-order valence-corrected chi connectivity index (χ0v) is 12.4. The Balaban J connectivity index is 2.01. The maximum Gasteiger partial charge on any atom is 0.137 e. The van der Waals surface area contributed by atoms with Crippen LogP contribution in [0.25, 0.3) is 0 Å². The van der Waals surface area contributed by atoms with E-state index in [4.69, 9.17) is 5.73 Å². The summed E-state index contributed by atoms with van der Waals surface area (Å²) >= 11 is 0. The van der Waals surface area contributed by atoms with Crippen molar-refractivity contribution in [3.8, 4) is 0 Å². The molecule has 0 aliphatic heterocycles. The van der Waals surface area contributed by atoms with Gasteiger partial charge < -0.3 is 5.73 Å². The van der Waals surface area contributed by atoms with E-state index in [1.54, 1.807) is 6.07 Å². The molecule has 0 fully saturated rings. The van der Waals surface area contributed by atoms with Gasteiger partial charge in [0.25, 0.3) is 0 Å². The molecule has 0 spiro atoms. The zero-order chi connectivity index (χ0) is 15.4. The van der Waals surface area contributed by atoms with Crippen molar-refractivity contribution in [3.63, 3.8) is 0 Å². The fourth-order valence-corrected chi connectivity index (χ4v) is 2.40. The molecule has 0 radical (unpaired) electrons. The van der Waals surface area contributed by atoms with Crippen LogP contribution in [-0.4, -0.2) is 5.78 Å². The maximum absolute atomic E-state index is 13.2. The first-order chi connectivity index (χ1) is 9.95. The number of Topliss-reactive ketones (excluding diaryl/α,β-unsaturated/α-hetero) is 1. The third-order valence-electron chi connectivity index (χ3n) is 3.74. The van der Waals surface area contributed by atoms with Gasteiger partial charge in [0.1, 0.15) is 11.6 Å². The van der Waals surface area contributed by atoms with Crippen molar-refractivity contribution in [2.24, 2.45) is 0 Å². The van der Waals surface area contributed by atoms with E-state index in [-0.39, 0.29) is 23.9 Å². The van der Waals surface area contributed by atoms with Crippen LogP contribution < -0.4 is 5.73 Å². The Bertz CT molecular complexity index is 634. The van der Waals surface area contributed by atoms with Crippen LogP contribution in [0.15, 0.2) is 42.5 Å². The van der Waals surface area contributed by atoms with Crippen molar-refractivity contribution < 1.29 is 9.18 Å². The van der Waals surface area contributed by atoms with Gasteiger partial charge in [-0.1, -0.05) is 25.1 Å². The molecule has 2 aromatic carbocycles. The predicted molar refractivity (Wildman–Crippen MR) is 83.7 cm³/mol. The van der Waals surface area contributed by atoms with Gasteiger partial charge >= 0.3 is 0 Å². The zero-order valence-electron chi connectivity index (χ0n) is 12.4. The smallest absolute Gasteiger partial charge is 0.137 e. The summed E-state index contributed by atoms with van der Waals surface area (Å²) in [7, 11) is 0. The Morgan fingerprint density at radius 2 is 1.86 bits per heavy atom. The van der Waals surface area contributed by atoms with Gasteiger partial charge in [0.2, 0.25) is 0 Å². The number of nitrogens with two attached hydrogens (primary N) is 1. The molecule has 0 aromatic heterocycles. The number of carbonyl (C=O) groups is 1. The molecule has 0 aliphatic rings. The first kappa shape index (κ1) is 15.2. The fourth-order valence-electron chi connectivity index (χ4n) is 2.40. The second-order valence-corrected chi connectivity index (χ2v) is 5.56. The van der Waals surface area contributed by atoms with E-state index in [1.165, 1.54) is 12.1 Å². The topological polar surface area (TPSA) is 43.1 Å². The summed E-state index contributed by atoms with van der Waals surface area (Å²) in [5.41, 5.74) is 9.18. The van der Waals surface area contributed by atoms with E-state index in [0.717, 1.165) is 16.7 Å². The van der Waals surface area contributed by atoms with E-state index in [1.807, 2.05) is 38.1 Å². The van der Waals surface area contributed by atoms with E-state index in [2.05, 4.69) is 0 Å². The predicted octanol–water partition coefficient (Wildman–Crippen LogP) is 4.02. The van der Waals surface area contributed by atoms with Gasteiger partial charge in [-0.3, -0.25) is 4.79 Å². The molecule has 0 bridgehead atoms. The van der Waals surface area contributed by atoms with E-state index >= 15 is 0 Å². The van der Waals surface area contributed by atoms with Crippen molar-refractivity contribution in [2.45, 2.75) is 32.6 Å². The van der Waals surface area contributed by atoms with Crippen molar-refractivity contribution in [3.05, 3.63) is 65.0 Å². The molecule has 21 heavy (non-hydrogen) atoms. The molecule has 2 aromatic rings. The van der Waals surface area contributed by atoms with Gasteiger partial charge in [-0.05, 0) is 53.8 Å². The number of benzene rings is 2. The van der Waals surface area contributed by atoms with Crippen LogP contribution >= 0.6 is 0 Å². The van der Waals surface area contributed by atoms with Crippen LogP contribution in [0.4, 0.5) is 10.1 Å². The monoisotopic (exact) mass is 285 g/mol. The average Bonchev–Trinajstić information content (AvgIpc) is 2.43. The summed E-state index contributed by atoms with van der Waals surface area (Å²) in [5, 5.41) is 0. The highest BCUT2D eigenvalue weighted by Crippen LogP contribution is 2.22.